The predicted molar refractivity (Wildman–Crippen MR) is 49.6 cm³/mol. The summed E-state index contributed by atoms with van der Waals surface area (Å²) in [5.41, 5.74) is 8.94. The smallest absolute Gasteiger partial charge is 0.0846 e. The summed E-state index contributed by atoms with van der Waals surface area (Å²) in [5.74, 6) is 0. The molecule has 0 heterocycles. The first-order chi connectivity index (χ1) is 5.74. The molecule has 0 amide bonds. The van der Waals surface area contributed by atoms with Gasteiger partial charge in [0.25, 0.3) is 0 Å². The van der Waals surface area contributed by atoms with Crippen LogP contribution in [0.15, 0.2) is 29.4 Å². The van der Waals surface area contributed by atoms with E-state index in [1.165, 1.54) is 5.69 Å². The van der Waals surface area contributed by atoms with Crippen LogP contribution in [0, 0.1) is 5.53 Å². The van der Waals surface area contributed by atoms with E-state index >= 15 is 0 Å². The highest BCUT2D eigenvalue weighted by molar-refractivity contribution is 5.45. The van der Waals surface area contributed by atoms with Gasteiger partial charge in [-0.3, -0.25) is 0 Å². The van der Waals surface area contributed by atoms with Crippen molar-refractivity contribution in [2.45, 2.75) is 6.54 Å². The topological polar surface area (TPSA) is 39.5 Å². The Morgan fingerprint density at radius 3 is 2.25 bits per heavy atom. The molecular formula is C9H13N3. The number of benzene rings is 1. The third-order valence-electron chi connectivity index (χ3n) is 1.71. The summed E-state index contributed by atoms with van der Waals surface area (Å²) in [6.45, 7) is 0.480. The molecule has 3 heteroatoms. The molecule has 0 aliphatic carbocycles. The van der Waals surface area contributed by atoms with E-state index in [1.54, 1.807) is 0 Å². The van der Waals surface area contributed by atoms with Crippen LogP contribution in [0.1, 0.15) is 5.56 Å². The van der Waals surface area contributed by atoms with Crippen molar-refractivity contribution in [3.8, 4) is 0 Å². The Morgan fingerprint density at radius 1 is 1.25 bits per heavy atom. The Labute approximate surface area is 72.5 Å². The molecule has 0 fully saturated rings. The Bertz CT molecular complexity index is 251. The predicted octanol–water partition coefficient (Wildman–Crippen LogP) is 2.28. The lowest BCUT2D eigenvalue weighted by Gasteiger charge is -2.11. The fourth-order valence-electron chi connectivity index (χ4n) is 0.991. The van der Waals surface area contributed by atoms with E-state index in [1.807, 2.05) is 43.3 Å². The van der Waals surface area contributed by atoms with E-state index in [4.69, 9.17) is 5.53 Å². The molecule has 12 heavy (non-hydrogen) atoms. The van der Waals surface area contributed by atoms with Gasteiger partial charge in [-0.15, -0.1) is 0 Å². The summed E-state index contributed by atoms with van der Waals surface area (Å²) in [5, 5.41) is 3.32. The monoisotopic (exact) mass is 163 g/mol. The highest BCUT2D eigenvalue weighted by Crippen LogP contribution is 2.12. The SMILES string of the molecule is CN(C)c1ccc(CN=N)cc1. The van der Waals surface area contributed by atoms with Crippen LogP contribution in [-0.4, -0.2) is 14.1 Å². The van der Waals surface area contributed by atoms with E-state index in [9.17, 15) is 0 Å². The maximum absolute atomic E-state index is 6.69. The maximum atomic E-state index is 6.69. The Kier molecular flexibility index (Phi) is 2.80. The van der Waals surface area contributed by atoms with Crippen LogP contribution in [0.25, 0.3) is 0 Å². The minimum absolute atomic E-state index is 0.480. The number of nitrogens with one attached hydrogen (secondary N) is 1. The van der Waals surface area contributed by atoms with Gasteiger partial charge in [-0.05, 0) is 17.7 Å². The first-order valence-corrected chi connectivity index (χ1v) is 3.83. The molecule has 0 unspecified atom stereocenters. The summed E-state index contributed by atoms with van der Waals surface area (Å²) >= 11 is 0. The standard InChI is InChI=1S/C9H13N3/c1-12(2)9-5-3-8(4-6-9)7-11-10/h3-6,10H,7H2,1-2H3. The van der Waals surface area contributed by atoms with E-state index in [0.717, 1.165) is 5.56 Å². The molecule has 0 atom stereocenters. The van der Waals surface area contributed by atoms with Gasteiger partial charge < -0.3 is 4.90 Å². The van der Waals surface area contributed by atoms with Crippen molar-refractivity contribution in [3.05, 3.63) is 29.8 Å². The molecule has 0 aliphatic heterocycles. The van der Waals surface area contributed by atoms with Crippen molar-refractivity contribution in [2.75, 3.05) is 19.0 Å². The first-order valence-electron chi connectivity index (χ1n) is 3.83. The van der Waals surface area contributed by atoms with Gasteiger partial charge >= 0.3 is 0 Å². The van der Waals surface area contributed by atoms with Gasteiger partial charge in [0, 0.05) is 19.8 Å². The second-order valence-electron chi connectivity index (χ2n) is 2.88. The van der Waals surface area contributed by atoms with E-state index < -0.39 is 0 Å². The van der Waals surface area contributed by atoms with Crippen LogP contribution in [-0.2, 0) is 6.54 Å². The summed E-state index contributed by atoms with van der Waals surface area (Å²) in [6.07, 6.45) is 0. The fourth-order valence-corrected chi connectivity index (χ4v) is 0.991. The van der Waals surface area contributed by atoms with Crippen LogP contribution in [0.5, 0.6) is 0 Å². The Hall–Kier alpha value is -1.38. The lowest BCUT2D eigenvalue weighted by Crippen LogP contribution is -2.08. The van der Waals surface area contributed by atoms with Gasteiger partial charge in [0.2, 0.25) is 0 Å². The van der Waals surface area contributed by atoms with Crippen LogP contribution in [0.3, 0.4) is 0 Å². The molecule has 0 spiro atoms. The molecule has 3 nitrogen and oxygen atoms in total. The Balaban J connectivity index is 2.78. The average Bonchev–Trinajstić information content (AvgIpc) is 2.06. The van der Waals surface area contributed by atoms with Gasteiger partial charge in [-0.1, -0.05) is 12.1 Å². The second-order valence-corrected chi connectivity index (χ2v) is 2.88. The van der Waals surface area contributed by atoms with Crippen LogP contribution < -0.4 is 4.90 Å². The maximum Gasteiger partial charge on any atom is 0.0846 e. The first kappa shape index (κ1) is 8.71. The summed E-state index contributed by atoms with van der Waals surface area (Å²) in [4.78, 5) is 2.04. The minimum Gasteiger partial charge on any atom is -0.378 e. The van der Waals surface area contributed by atoms with Crippen molar-refractivity contribution in [1.82, 2.24) is 0 Å². The summed E-state index contributed by atoms with van der Waals surface area (Å²) in [7, 11) is 4.01. The molecule has 1 rings (SSSR count). The van der Waals surface area contributed by atoms with Crippen molar-refractivity contribution in [1.29, 1.82) is 5.53 Å². The molecule has 1 aromatic rings. The highest BCUT2D eigenvalue weighted by atomic mass is 15.1. The van der Waals surface area contributed by atoms with Crippen molar-refractivity contribution in [3.63, 3.8) is 0 Å². The zero-order valence-corrected chi connectivity index (χ0v) is 7.41. The lowest BCUT2D eigenvalue weighted by molar-refractivity contribution is 0.907. The fraction of sp³-hybridized carbons (Fsp3) is 0.333. The normalized spacial score (nSPS) is 9.50. The molecule has 1 aromatic carbocycles. The molecule has 0 aromatic heterocycles. The number of anilines is 1. The Morgan fingerprint density at radius 2 is 1.83 bits per heavy atom. The molecule has 0 bridgehead atoms. The van der Waals surface area contributed by atoms with Gasteiger partial charge in [0.1, 0.15) is 0 Å². The zero-order chi connectivity index (χ0) is 8.97. The number of hydrogen-bond acceptors (Lipinski definition) is 3. The molecule has 0 aliphatic rings. The number of hydrogen-bond donors (Lipinski definition) is 1. The molecule has 0 saturated heterocycles. The summed E-state index contributed by atoms with van der Waals surface area (Å²) in [6, 6.07) is 8.04. The van der Waals surface area contributed by atoms with Gasteiger partial charge in [-0.25, -0.2) is 5.53 Å². The molecular weight excluding hydrogens is 150 g/mol. The van der Waals surface area contributed by atoms with Gasteiger partial charge in [0.05, 0.1) is 6.54 Å². The van der Waals surface area contributed by atoms with Crippen molar-refractivity contribution in [2.24, 2.45) is 5.11 Å². The second kappa shape index (κ2) is 3.85. The van der Waals surface area contributed by atoms with E-state index in [0.29, 0.717) is 6.54 Å². The summed E-state index contributed by atoms with van der Waals surface area (Å²) < 4.78 is 0. The van der Waals surface area contributed by atoms with Crippen molar-refractivity contribution < 1.29 is 0 Å². The van der Waals surface area contributed by atoms with Gasteiger partial charge in [-0.2, -0.15) is 5.11 Å². The van der Waals surface area contributed by atoms with Gasteiger partial charge in [0.15, 0.2) is 0 Å². The minimum atomic E-state index is 0.480. The highest BCUT2D eigenvalue weighted by Gasteiger charge is 1.94. The van der Waals surface area contributed by atoms with Crippen molar-refractivity contribution >= 4 is 5.69 Å². The van der Waals surface area contributed by atoms with Crippen LogP contribution in [0.2, 0.25) is 0 Å². The van der Waals surface area contributed by atoms with E-state index in [2.05, 4.69) is 5.11 Å². The number of nitrogens with zero attached hydrogens (tertiary/aromatic N) is 2. The van der Waals surface area contributed by atoms with Crippen LogP contribution in [0.4, 0.5) is 5.69 Å². The van der Waals surface area contributed by atoms with E-state index in [-0.39, 0.29) is 0 Å². The largest absolute Gasteiger partial charge is 0.378 e. The quantitative estimate of drug-likeness (QED) is 0.682. The molecule has 0 saturated carbocycles. The number of rotatable bonds is 3. The lowest BCUT2D eigenvalue weighted by atomic mass is 10.2. The molecule has 0 radical (unpaired) electrons. The third kappa shape index (κ3) is 2.05. The third-order valence-corrected chi connectivity index (χ3v) is 1.71. The van der Waals surface area contributed by atoms with Crippen LogP contribution >= 0.6 is 0 Å². The molecule has 1 N–H and O–H groups in total. The average molecular weight is 163 g/mol. The zero-order valence-electron chi connectivity index (χ0n) is 7.41. The molecule has 64 valence electrons.